The van der Waals surface area contributed by atoms with Crippen molar-refractivity contribution in [2.45, 2.75) is 26.4 Å². The number of hydrogen-bond acceptors (Lipinski definition) is 5. The highest BCUT2D eigenvalue weighted by atomic mass is 16.6. The zero-order valence-electron chi connectivity index (χ0n) is 11.9. The number of hydrogen-bond donors (Lipinski definition) is 1. The number of carbonyl (C=O) groups is 3. The molecule has 0 heterocycles. The lowest BCUT2D eigenvalue weighted by molar-refractivity contribution is 0.0506. The molecule has 1 N–H and O–H groups in total. The third-order valence-electron chi connectivity index (χ3n) is 2.18. The Hall–Kier alpha value is -2.37. The number of esters is 1. The number of imide groups is 1. The molecule has 0 bridgehead atoms. The standard InChI is InChI=1S/C14H17NO5/c1-14(2,3)20-13(18)15-11(16)9-5-7-10(8-6-9)12(17)19-4/h5-8H,1-4H3,(H,15,16,18). The summed E-state index contributed by atoms with van der Waals surface area (Å²) in [6, 6.07) is 5.73. The number of ether oxygens (including phenoxy) is 2. The lowest BCUT2D eigenvalue weighted by atomic mass is 10.1. The molecular formula is C14H17NO5. The second-order valence-electron chi connectivity index (χ2n) is 5.02. The minimum atomic E-state index is -0.820. The Labute approximate surface area is 117 Å². The summed E-state index contributed by atoms with van der Waals surface area (Å²) in [6.07, 6.45) is -0.820. The number of methoxy groups -OCH3 is 1. The number of amides is 2. The van der Waals surface area contributed by atoms with Crippen molar-refractivity contribution in [1.29, 1.82) is 0 Å². The SMILES string of the molecule is COC(=O)c1ccc(C(=O)NC(=O)OC(C)(C)C)cc1. The first-order chi connectivity index (χ1) is 9.23. The smallest absolute Gasteiger partial charge is 0.414 e. The molecule has 0 aromatic heterocycles. The largest absolute Gasteiger partial charge is 0.465 e. The predicted octanol–water partition coefficient (Wildman–Crippen LogP) is 2.14. The lowest BCUT2D eigenvalue weighted by Crippen LogP contribution is -2.36. The van der Waals surface area contributed by atoms with E-state index in [-0.39, 0.29) is 5.56 Å². The van der Waals surface area contributed by atoms with Gasteiger partial charge in [-0.05, 0) is 45.0 Å². The highest BCUT2D eigenvalue weighted by molar-refractivity contribution is 6.03. The second-order valence-corrected chi connectivity index (χ2v) is 5.02. The molecular weight excluding hydrogens is 262 g/mol. The number of alkyl carbamates (subject to hydrolysis) is 1. The van der Waals surface area contributed by atoms with E-state index in [1.807, 2.05) is 0 Å². The van der Waals surface area contributed by atoms with Crippen LogP contribution in [-0.2, 0) is 9.47 Å². The summed E-state index contributed by atoms with van der Waals surface area (Å²) in [5.41, 5.74) is -0.121. The Morgan fingerprint density at radius 1 is 1.00 bits per heavy atom. The van der Waals surface area contributed by atoms with Gasteiger partial charge in [0.2, 0.25) is 0 Å². The molecule has 0 unspecified atom stereocenters. The van der Waals surface area contributed by atoms with Gasteiger partial charge in [0.15, 0.2) is 0 Å². The van der Waals surface area contributed by atoms with Gasteiger partial charge in [-0.1, -0.05) is 0 Å². The monoisotopic (exact) mass is 279 g/mol. The lowest BCUT2D eigenvalue weighted by Gasteiger charge is -2.19. The van der Waals surface area contributed by atoms with Gasteiger partial charge in [0.05, 0.1) is 12.7 Å². The molecule has 0 atom stereocenters. The van der Waals surface area contributed by atoms with E-state index >= 15 is 0 Å². The third kappa shape index (κ3) is 4.72. The summed E-state index contributed by atoms with van der Waals surface area (Å²) < 4.78 is 9.51. The predicted molar refractivity (Wildman–Crippen MR) is 71.5 cm³/mol. The van der Waals surface area contributed by atoms with E-state index in [1.54, 1.807) is 20.8 Å². The fourth-order valence-electron chi connectivity index (χ4n) is 1.34. The van der Waals surface area contributed by atoms with Gasteiger partial charge >= 0.3 is 12.1 Å². The topological polar surface area (TPSA) is 81.7 Å². The van der Waals surface area contributed by atoms with Crippen LogP contribution in [0.2, 0.25) is 0 Å². The fraction of sp³-hybridized carbons (Fsp3) is 0.357. The van der Waals surface area contributed by atoms with Gasteiger partial charge < -0.3 is 9.47 Å². The summed E-state index contributed by atoms with van der Waals surface area (Å²) in [5, 5.41) is 2.10. The molecule has 6 heteroatoms. The average molecular weight is 279 g/mol. The van der Waals surface area contributed by atoms with Crippen LogP contribution < -0.4 is 5.32 Å². The minimum absolute atomic E-state index is 0.239. The molecule has 20 heavy (non-hydrogen) atoms. The molecule has 0 saturated heterocycles. The molecule has 0 aliphatic heterocycles. The Morgan fingerprint density at radius 3 is 1.95 bits per heavy atom. The summed E-state index contributed by atoms with van der Waals surface area (Å²) in [7, 11) is 1.27. The van der Waals surface area contributed by atoms with Crippen molar-refractivity contribution in [3.63, 3.8) is 0 Å². The van der Waals surface area contributed by atoms with Crippen molar-refractivity contribution in [3.05, 3.63) is 35.4 Å². The third-order valence-corrected chi connectivity index (χ3v) is 2.18. The molecule has 0 saturated carbocycles. The maximum atomic E-state index is 11.8. The van der Waals surface area contributed by atoms with Gasteiger partial charge in [0.25, 0.3) is 5.91 Å². The average Bonchev–Trinajstić information content (AvgIpc) is 2.35. The van der Waals surface area contributed by atoms with Gasteiger partial charge in [-0.3, -0.25) is 10.1 Å². The van der Waals surface area contributed by atoms with Crippen molar-refractivity contribution < 1.29 is 23.9 Å². The highest BCUT2D eigenvalue weighted by Gasteiger charge is 2.19. The summed E-state index contributed by atoms with van der Waals surface area (Å²) in [6.45, 7) is 5.09. The first kappa shape index (κ1) is 15.7. The van der Waals surface area contributed by atoms with Crippen LogP contribution in [0.3, 0.4) is 0 Å². The molecule has 0 fully saturated rings. The van der Waals surface area contributed by atoms with Crippen LogP contribution >= 0.6 is 0 Å². The van der Waals surface area contributed by atoms with E-state index in [4.69, 9.17) is 4.74 Å². The maximum Gasteiger partial charge on any atom is 0.414 e. The van der Waals surface area contributed by atoms with Gasteiger partial charge in [-0.25, -0.2) is 9.59 Å². The molecule has 108 valence electrons. The molecule has 0 radical (unpaired) electrons. The van der Waals surface area contributed by atoms with Crippen LogP contribution in [-0.4, -0.2) is 30.7 Å². The molecule has 1 aromatic rings. The second kappa shape index (κ2) is 6.18. The number of carbonyl (C=O) groups excluding carboxylic acids is 3. The first-order valence-corrected chi connectivity index (χ1v) is 5.95. The summed E-state index contributed by atoms with van der Waals surface area (Å²) in [4.78, 5) is 34.4. The molecule has 2 amide bonds. The zero-order chi connectivity index (χ0) is 15.3. The highest BCUT2D eigenvalue weighted by Crippen LogP contribution is 2.08. The van der Waals surface area contributed by atoms with Crippen LogP contribution in [0.1, 0.15) is 41.5 Å². The zero-order valence-corrected chi connectivity index (χ0v) is 11.9. The van der Waals surface area contributed by atoms with Crippen LogP contribution in [0.15, 0.2) is 24.3 Å². The van der Waals surface area contributed by atoms with E-state index in [0.717, 1.165) is 0 Å². The fourth-order valence-corrected chi connectivity index (χ4v) is 1.34. The Morgan fingerprint density at radius 2 is 1.50 bits per heavy atom. The van der Waals surface area contributed by atoms with E-state index in [1.165, 1.54) is 31.4 Å². The Balaban J connectivity index is 2.69. The normalized spacial score (nSPS) is 10.6. The number of nitrogens with one attached hydrogen (secondary N) is 1. The summed E-state index contributed by atoms with van der Waals surface area (Å²) >= 11 is 0. The molecule has 0 aliphatic carbocycles. The van der Waals surface area contributed by atoms with Crippen LogP contribution in [0.25, 0.3) is 0 Å². The quantitative estimate of drug-likeness (QED) is 0.839. The van der Waals surface area contributed by atoms with Crippen LogP contribution in [0.4, 0.5) is 4.79 Å². The first-order valence-electron chi connectivity index (χ1n) is 5.95. The van der Waals surface area contributed by atoms with Gasteiger partial charge in [0.1, 0.15) is 5.60 Å². The molecule has 0 aliphatic rings. The van der Waals surface area contributed by atoms with E-state index in [0.29, 0.717) is 5.56 Å². The van der Waals surface area contributed by atoms with Gasteiger partial charge in [-0.2, -0.15) is 0 Å². The molecule has 0 spiro atoms. The van der Waals surface area contributed by atoms with E-state index in [2.05, 4.69) is 10.1 Å². The molecule has 6 nitrogen and oxygen atoms in total. The number of rotatable bonds is 2. The minimum Gasteiger partial charge on any atom is -0.465 e. The Kier molecular flexibility index (Phi) is 4.85. The Bertz CT molecular complexity index is 513. The van der Waals surface area contributed by atoms with Crippen molar-refractivity contribution in [2.24, 2.45) is 0 Å². The van der Waals surface area contributed by atoms with Gasteiger partial charge in [0, 0.05) is 5.56 Å². The van der Waals surface area contributed by atoms with Crippen molar-refractivity contribution >= 4 is 18.0 Å². The van der Waals surface area contributed by atoms with Crippen molar-refractivity contribution in [3.8, 4) is 0 Å². The van der Waals surface area contributed by atoms with Crippen LogP contribution in [0.5, 0.6) is 0 Å². The van der Waals surface area contributed by atoms with Crippen molar-refractivity contribution in [2.75, 3.05) is 7.11 Å². The maximum absolute atomic E-state index is 11.8. The van der Waals surface area contributed by atoms with Crippen molar-refractivity contribution in [1.82, 2.24) is 5.32 Å². The molecule has 1 rings (SSSR count). The van der Waals surface area contributed by atoms with E-state index in [9.17, 15) is 14.4 Å². The van der Waals surface area contributed by atoms with E-state index < -0.39 is 23.6 Å². The number of benzene rings is 1. The summed E-state index contributed by atoms with van der Waals surface area (Å²) in [5.74, 6) is -1.10. The molecule has 1 aromatic carbocycles. The van der Waals surface area contributed by atoms with Gasteiger partial charge in [-0.15, -0.1) is 0 Å². The van der Waals surface area contributed by atoms with Crippen LogP contribution in [0, 0.1) is 0 Å².